The Balaban J connectivity index is 1.96. The lowest BCUT2D eigenvalue weighted by atomic mass is 10.2. The SMILES string of the molecule is CN1C(=O)C(=O)N(CC2CCC(C(=O)NN)O2)C1=O. The highest BCUT2D eigenvalue weighted by molar-refractivity contribution is 6.44. The van der Waals surface area contributed by atoms with Crippen LogP contribution in [0.5, 0.6) is 0 Å². The van der Waals surface area contributed by atoms with Crippen LogP contribution in [0.3, 0.4) is 0 Å². The molecule has 0 aromatic carbocycles. The summed E-state index contributed by atoms with van der Waals surface area (Å²) in [7, 11) is 1.24. The maximum absolute atomic E-state index is 11.6. The monoisotopic (exact) mass is 270 g/mol. The molecule has 0 spiro atoms. The first-order valence-corrected chi connectivity index (χ1v) is 5.75. The number of imide groups is 2. The summed E-state index contributed by atoms with van der Waals surface area (Å²) in [6.45, 7) is -0.0396. The molecule has 104 valence electrons. The van der Waals surface area contributed by atoms with E-state index in [1.165, 1.54) is 7.05 Å². The summed E-state index contributed by atoms with van der Waals surface area (Å²) in [4.78, 5) is 47.3. The molecule has 2 aliphatic heterocycles. The van der Waals surface area contributed by atoms with E-state index in [-0.39, 0.29) is 6.54 Å². The quantitative estimate of drug-likeness (QED) is 0.200. The van der Waals surface area contributed by atoms with Gasteiger partial charge < -0.3 is 4.74 Å². The molecule has 19 heavy (non-hydrogen) atoms. The number of urea groups is 1. The maximum atomic E-state index is 11.6. The molecule has 5 amide bonds. The second kappa shape index (κ2) is 4.94. The van der Waals surface area contributed by atoms with Crippen LogP contribution in [0, 0.1) is 0 Å². The highest BCUT2D eigenvalue weighted by atomic mass is 16.5. The molecular weight excluding hydrogens is 256 g/mol. The van der Waals surface area contributed by atoms with E-state index in [1.807, 2.05) is 5.43 Å². The summed E-state index contributed by atoms with van der Waals surface area (Å²) < 4.78 is 5.38. The van der Waals surface area contributed by atoms with Gasteiger partial charge in [-0.2, -0.15) is 0 Å². The smallest absolute Gasteiger partial charge is 0.334 e. The summed E-state index contributed by atoms with van der Waals surface area (Å²) in [6.07, 6.45) is -0.188. The summed E-state index contributed by atoms with van der Waals surface area (Å²) in [5.74, 6) is 2.81. The molecule has 2 rings (SSSR count). The van der Waals surface area contributed by atoms with E-state index < -0.39 is 36.0 Å². The number of carbonyl (C=O) groups is 4. The van der Waals surface area contributed by atoms with Crippen molar-refractivity contribution in [3.8, 4) is 0 Å². The van der Waals surface area contributed by atoms with Gasteiger partial charge >= 0.3 is 17.8 Å². The van der Waals surface area contributed by atoms with Crippen LogP contribution in [0.1, 0.15) is 12.8 Å². The normalized spacial score (nSPS) is 27.4. The molecule has 2 heterocycles. The van der Waals surface area contributed by atoms with Crippen LogP contribution in [0.25, 0.3) is 0 Å². The van der Waals surface area contributed by atoms with E-state index in [1.54, 1.807) is 0 Å². The molecule has 2 atom stereocenters. The Labute approximate surface area is 108 Å². The third-order valence-electron chi connectivity index (χ3n) is 3.18. The van der Waals surface area contributed by atoms with Crippen molar-refractivity contribution in [2.75, 3.05) is 13.6 Å². The zero-order valence-corrected chi connectivity index (χ0v) is 10.3. The van der Waals surface area contributed by atoms with Crippen LogP contribution in [-0.4, -0.2) is 59.4 Å². The molecule has 9 heteroatoms. The van der Waals surface area contributed by atoms with Gasteiger partial charge in [-0.15, -0.1) is 0 Å². The number of hydrogen-bond donors (Lipinski definition) is 2. The van der Waals surface area contributed by atoms with Crippen molar-refractivity contribution in [1.29, 1.82) is 0 Å². The lowest BCUT2D eigenvalue weighted by Crippen LogP contribution is -2.41. The predicted molar refractivity (Wildman–Crippen MR) is 60.1 cm³/mol. The molecule has 3 N–H and O–H groups in total. The average molecular weight is 270 g/mol. The van der Waals surface area contributed by atoms with Gasteiger partial charge in [-0.1, -0.05) is 0 Å². The molecule has 0 aliphatic carbocycles. The average Bonchev–Trinajstić information content (AvgIpc) is 2.94. The van der Waals surface area contributed by atoms with E-state index in [2.05, 4.69) is 0 Å². The Hall–Kier alpha value is -2.00. The van der Waals surface area contributed by atoms with E-state index in [0.29, 0.717) is 12.8 Å². The van der Waals surface area contributed by atoms with Crippen LogP contribution in [-0.2, 0) is 19.1 Å². The van der Waals surface area contributed by atoms with Gasteiger partial charge in [0.05, 0.1) is 12.6 Å². The van der Waals surface area contributed by atoms with Gasteiger partial charge in [0, 0.05) is 7.05 Å². The first-order valence-electron chi connectivity index (χ1n) is 5.75. The van der Waals surface area contributed by atoms with Gasteiger partial charge in [-0.05, 0) is 12.8 Å². The summed E-state index contributed by atoms with van der Waals surface area (Å²) in [5, 5.41) is 0. The first-order chi connectivity index (χ1) is 8.95. The van der Waals surface area contributed by atoms with Crippen molar-refractivity contribution in [3.05, 3.63) is 0 Å². The minimum atomic E-state index is -0.872. The van der Waals surface area contributed by atoms with Crippen molar-refractivity contribution in [1.82, 2.24) is 15.2 Å². The van der Waals surface area contributed by atoms with Crippen LogP contribution in [0.15, 0.2) is 0 Å². The van der Waals surface area contributed by atoms with E-state index >= 15 is 0 Å². The van der Waals surface area contributed by atoms with Gasteiger partial charge in [0.1, 0.15) is 6.10 Å². The molecule has 2 aliphatic rings. The van der Waals surface area contributed by atoms with Gasteiger partial charge in [-0.3, -0.25) is 29.6 Å². The highest BCUT2D eigenvalue weighted by Crippen LogP contribution is 2.22. The van der Waals surface area contributed by atoms with Crippen LogP contribution < -0.4 is 11.3 Å². The Morgan fingerprint density at radius 1 is 1.37 bits per heavy atom. The van der Waals surface area contributed by atoms with E-state index in [0.717, 1.165) is 9.80 Å². The van der Waals surface area contributed by atoms with Crippen molar-refractivity contribution in [2.24, 2.45) is 5.84 Å². The Morgan fingerprint density at radius 2 is 2.05 bits per heavy atom. The third-order valence-corrected chi connectivity index (χ3v) is 3.18. The highest BCUT2D eigenvalue weighted by Gasteiger charge is 2.44. The molecule has 0 bridgehead atoms. The zero-order valence-electron chi connectivity index (χ0n) is 10.3. The van der Waals surface area contributed by atoms with Crippen LogP contribution >= 0.6 is 0 Å². The standard InChI is InChI=1S/C10H14N4O5/c1-13-8(16)9(17)14(10(13)18)4-5-2-3-6(19-5)7(15)12-11/h5-6H,2-4,11H2,1H3,(H,12,15). The van der Waals surface area contributed by atoms with Crippen LogP contribution in [0.2, 0.25) is 0 Å². The lowest BCUT2D eigenvalue weighted by molar-refractivity contribution is -0.143. The Kier molecular flexibility index (Phi) is 3.49. The second-order valence-corrected chi connectivity index (χ2v) is 4.40. The fourth-order valence-electron chi connectivity index (χ4n) is 2.10. The number of ether oxygens (including phenoxy) is 1. The predicted octanol–water partition coefficient (Wildman–Crippen LogP) is -2.06. The fourth-order valence-corrected chi connectivity index (χ4v) is 2.10. The number of rotatable bonds is 3. The van der Waals surface area contributed by atoms with Crippen molar-refractivity contribution >= 4 is 23.8 Å². The number of hydrazine groups is 1. The molecule has 0 aromatic heterocycles. The Morgan fingerprint density at radius 3 is 2.58 bits per heavy atom. The number of hydrogen-bond acceptors (Lipinski definition) is 6. The number of nitrogens with one attached hydrogen (secondary N) is 1. The molecule has 0 saturated carbocycles. The van der Waals surface area contributed by atoms with Crippen LogP contribution in [0.4, 0.5) is 4.79 Å². The fraction of sp³-hybridized carbons (Fsp3) is 0.600. The van der Waals surface area contributed by atoms with E-state index in [4.69, 9.17) is 10.6 Å². The second-order valence-electron chi connectivity index (χ2n) is 4.40. The van der Waals surface area contributed by atoms with Crippen molar-refractivity contribution in [3.63, 3.8) is 0 Å². The summed E-state index contributed by atoms with van der Waals surface area (Å²) >= 11 is 0. The molecule has 0 aromatic rings. The summed E-state index contributed by atoms with van der Waals surface area (Å²) in [5.41, 5.74) is 1.98. The number of likely N-dealkylation sites (N-methyl/N-ethyl adjacent to an activating group) is 1. The molecule has 2 unspecified atom stereocenters. The maximum Gasteiger partial charge on any atom is 0.334 e. The largest absolute Gasteiger partial charge is 0.363 e. The number of carbonyl (C=O) groups excluding carboxylic acids is 4. The van der Waals surface area contributed by atoms with E-state index in [9.17, 15) is 19.2 Å². The molecule has 9 nitrogen and oxygen atoms in total. The molecule has 0 radical (unpaired) electrons. The van der Waals surface area contributed by atoms with Gasteiger partial charge in [0.25, 0.3) is 5.91 Å². The summed E-state index contributed by atoms with van der Waals surface area (Å²) in [6, 6.07) is -0.676. The molecule has 2 saturated heterocycles. The topological polar surface area (TPSA) is 122 Å². The van der Waals surface area contributed by atoms with Gasteiger partial charge in [-0.25, -0.2) is 10.6 Å². The Bertz CT molecular complexity index is 451. The first kappa shape index (κ1) is 13.4. The number of amides is 5. The third kappa shape index (κ3) is 2.29. The zero-order chi connectivity index (χ0) is 14.2. The van der Waals surface area contributed by atoms with Gasteiger partial charge in [0.15, 0.2) is 0 Å². The van der Waals surface area contributed by atoms with Crippen molar-refractivity contribution in [2.45, 2.75) is 25.0 Å². The number of nitrogens with zero attached hydrogens (tertiary/aromatic N) is 2. The van der Waals surface area contributed by atoms with Crippen molar-refractivity contribution < 1.29 is 23.9 Å². The number of nitrogens with two attached hydrogens (primary N) is 1. The minimum Gasteiger partial charge on any atom is -0.363 e. The lowest BCUT2D eigenvalue weighted by Gasteiger charge is -2.18. The molecular formula is C10H14N4O5. The minimum absolute atomic E-state index is 0.0396. The molecule has 2 fully saturated rings. The van der Waals surface area contributed by atoms with Gasteiger partial charge in [0.2, 0.25) is 0 Å².